The number of imidazole rings is 1. The molecule has 14 heteroatoms. The Morgan fingerprint density at radius 1 is 1.19 bits per heavy atom. The Balaban J connectivity index is 1.67. The minimum atomic E-state index is -1.26. The number of esters is 1. The van der Waals surface area contributed by atoms with Crippen LogP contribution >= 0.6 is 27.5 Å². The van der Waals surface area contributed by atoms with E-state index in [1.54, 1.807) is 24.0 Å². The van der Waals surface area contributed by atoms with Crippen LogP contribution in [0.5, 0.6) is 0 Å². The monoisotopic (exact) mass is 669 g/mol. The Labute approximate surface area is 260 Å². The third-order valence-corrected chi connectivity index (χ3v) is 8.09. The third-order valence-electron chi connectivity index (χ3n) is 7.00. The number of benzene rings is 1. The van der Waals surface area contributed by atoms with E-state index in [4.69, 9.17) is 20.8 Å². The Morgan fingerprint density at radius 3 is 2.67 bits per heavy atom. The maximum atomic E-state index is 13.6. The number of aromatic nitrogens is 6. The number of unbranched alkanes of at least 4 members (excludes halogenated alkanes) is 1. The Hall–Kier alpha value is -4.07. The van der Waals surface area contributed by atoms with E-state index in [9.17, 15) is 14.7 Å². The van der Waals surface area contributed by atoms with Gasteiger partial charge in [0.15, 0.2) is 11.2 Å². The lowest BCUT2D eigenvalue weighted by Crippen LogP contribution is -2.45. The number of halogens is 2. The molecule has 0 bridgehead atoms. The molecule has 2 aliphatic rings. The third kappa shape index (κ3) is 6.05. The number of hydrogen-bond acceptors (Lipinski definition) is 9. The van der Waals surface area contributed by atoms with Crippen LogP contribution in [0.15, 0.2) is 51.7 Å². The highest BCUT2D eigenvalue weighted by molar-refractivity contribution is 9.10. The van der Waals surface area contributed by atoms with Gasteiger partial charge in [-0.25, -0.2) is 9.78 Å². The Kier molecular flexibility index (Phi) is 9.53. The molecule has 3 heterocycles. The first-order valence-electron chi connectivity index (χ1n) is 13.7. The molecule has 0 saturated heterocycles. The molecule has 43 heavy (non-hydrogen) atoms. The lowest BCUT2D eigenvalue weighted by atomic mass is 9.97. The molecule has 1 aliphatic heterocycles. The molecule has 1 aliphatic carbocycles. The maximum Gasteiger partial charge on any atom is 0.331 e. The van der Waals surface area contributed by atoms with Crippen molar-refractivity contribution in [2.45, 2.75) is 45.7 Å². The van der Waals surface area contributed by atoms with E-state index in [1.807, 2.05) is 30.3 Å². The van der Waals surface area contributed by atoms with Crippen molar-refractivity contribution in [3.05, 3.63) is 69.6 Å². The summed E-state index contributed by atoms with van der Waals surface area (Å²) in [6.45, 7) is 3.37. The molecule has 5 rings (SSSR count). The maximum absolute atomic E-state index is 13.6. The number of carbonyl (C=O) groups is 2. The molecule has 0 saturated carbocycles. The van der Waals surface area contributed by atoms with Crippen LogP contribution in [-0.4, -0.2) is 66.4 Å². The van der Waals surface area contributed by atoms with Gasteiger partial charge in [0.1, 0.15) is 11.5 Å². The molecule has 3 N–H and O–H groups in total. The van der Waals surface area contributed by atoms with Crippen molar-refractivity contribution in [3.63, 3.8) is 0 Å². The number of aliphatic hydroxyl groups excluding tert-OH is 1. The van der Waals surface area contributed by atoms with E-state index >= 15 is 0 Å². The van der Waals surface area contributed by atoms with Crippen LogP contribution < -0.4 is 5.32 Å². The number of ether oxygens (including phenoxy) is 1. The number of hydrogen-bond donors (Lipinski definition) is 3. The number of aliphatic hydroxyl groups is 1. The standard InChI is InChI=1S/C29H29BrClN7O5/c1-3-5-10-22-33-26(31)25(28(40)32-21(14-39)29(41)43-4-2)38(22)13-19-16-11-12-42-15-20(16)24(30)23(19)17-8-6-7-9-18(17)27-34-36-37-35-27/h6-9,11-12,15,21,39H,3-5,10,13-14H2,1-2H3,(H,32,40)(H,34,35,36,37)/t21-/m1/s1. The summed E-state index contributed by atoms with van der Waals surface area (Å²) in [5.74, 6) is -0.378. The highest BCUT2D eigenvalue weighted by atomic mass is 79.9. The summed E-state index contributed by atoms with van der Waals surface area (Å²) in [7, 11) is 0. The molecule has 224 valence electrons. The number of H-pyrrole nitrogens is 1. The number of nitrogens with one attached hydrogen (secondary N) is 2. The number of amides is 1. The predicted octanol–water partition coefficient (Wildman–Crippen LogP) is 4.89. The van der Waals surface area contributed by atoms with Crippen LogP contribution in [0, 0.1) is 0 Å². The summed E-state index contributed by atoms with van der Waals surface area (Å²) in [5.41, 5.74) is 5.06. The van der Waals surface area contributed by atoms with Gasteiger partial charge in [-0.15, -0.1) is 10.2 Å². The van der Waals surface area contributed by atoms with Crippen LogP contribution in [0.2, 0.25) is 5.15 Å². The van der Waals surface area contributed by atoms with Crippen LogP contribution in [0.1, 0.15) is 48.6 Å². The molecule has 0 unspecified atom stereocenters. The molecular formula is C29H29BrClN7O5. The lowest BCUT2D eigenvalue weighted by Gasteiger charge is -2.18. The smallest absolute Gasteiger partial charge is 0.331 e. The van der Waals surface area contributed by atoms with E-state index in [0.717, 1.165) is 50.7 Å². The van der Waals surface area contributed by atoms with Gasteiger partial charge in [-0.05, 0) is 57.2 Å². The molecule has 1 atom stereocenters. The molecule has 0 spiro atoms. The summed E-state index contributed by atoms with van der Waals surface area (Å²) in [6.07, 6.45) is 5.52. The second kappa shape index (κ2) is 13.5. The second-order valence-electron chi connectivity index (χ2n) is 9.65. The fourth-order valence-electron chi connectivity index (χ4n) is 5.01. The first kappa shape index (κ1) is 30.4. The van der Waals surface area contributed by atoms with Crippen molar-refractivity contribution in [1.82, 2.24) is 35.5 Å². The van der Waals surface area contributed by atoms with Gasteiger partial charge in [-0.1, -0.05) is 49.2 Å². The number of tetrazole rings is 1. The molecule has 12 nitrogen and oxygen atoms in total. The number of aryl methyl sites for hydroxylation is 1. The van der Waals surface area contributed by atoms with Crippen molar-refractivity contribution >= 4 is 39.4 Å². The zero-order valence-electron chi connectivity index (χ0n) is 23.4. The highest BCUT2D eigenvalue weighted by Crippen LogP contribution is 2.48. The molecule has 0 fully saturated rings. The fourth-order valence-corrected chi connectivity index (χ4v) is 6.05. The Bertz CT molecular complexity index is 1700. The first-order chi connectivity index (χ1) is 20.9. The molecule has 3 aromatic rings. The molecule has 2 aromatic heterocycles. The predicted molar refractivity (Wildman–Crippen MR) is 162 cm³/mol. The summed E-state index contributed by atoms with van der Waals surface area (Å²) < 4.78 is 13.1. The van der Waals surface area contributed by atoms with E-state index < -0.39 is 24.5 Å². The number of fused-ring (bicyclic) bond motifs is 1. The van der Waals surface area contributed by atoms with E-state index in [1.165, 1.54) is 0 Å². The molecule has 1 aromatic carbocycles. The van der Waals surface area contributed by atoms with E-state index in [2.05, 4.69) is 53.8 Å². The topological polar surface area (TPSA) is 161 Å². The van der Waals surface area contributed by atoms with Gasteiger partial charge in [0.2, 0.25) is 5.82 Å². The number of nitrogens with zero attached hydrogens (tertiary/aromatic N) is 5. The Morgan fingerprint density at radius 2 is 1.98 bits per heavy atom. The second-order valence-corrected chi connectivity index (χ2v) is 10.8. The quantitative estimate of drug-likeness (QED) is 0.157. The SMILES string of the molecule is CCCCc1nc(Cl)c(C(=O)N[C@H](CO)C(=O)OCC)n1Cc1c2ccocc-2c(Br)c1-c1ccccc1-c1nn[nH]n1. The van der Waals surface area contributed by atoms with Gasteiger partial charge in [0.05, 0.1) is 32.3 Å². The fraction of sp³-hybridized carbons (Fsp3) is 0.310. The molecule has 1 amide bonds. The average molecular weight is 671 g/mol. The average Bonchev–Trinajstić information content (AvgIpc) is 3.72. The van der Waals surface area contributed by atoms with Gasteiger partial charge in [0, 0.05) is 27.6 Å². The van der Waals surface area contributed by atoms with Crippen molar-refractivity contribution in [3.8, 4) is 33.6 Å². The number of carbonyl (C=O) groups excluding carboxylic acids is 2. The van der Waals surface area contributed by atoms with Crippen molar-refractivity contribution in [2.24, 2.45) is 0 Å². The van der Waals surface area contributed by atoms with Crippen molar-refractivity contribution < 1.29 is 23.8 Å². The number of rotatable bonds is 12. The minimum absolute atomic E-state index is 0.0113. The lowest BCUT2D eigenvalue weighted by molar-refractivity contribution is -0.146. The van der Waals surface area contributed by atoms with Gasteiger partial charge < -0.3 is 24.1 Å². The van der Waals surface area contributed by atoms with Crippen molar-refractivity contribution in [2.75, 3.05) is 13.2 Å². The zero-order chi connectivity index (χ0) is 30.5. The first-order valence-corrected chi connectivity index (χ1v) is 14.9. The van der Waals surface area contributed by atoms with E-state index in [-0.39, 0.29) is 24.0 Å². The summed E-state index contributed by atoms with van der Waals surface area (Å²) >= 11 is 10.4. The van der Waals surface area contributed by atoms with E-state index in [0.29, 0.717) is 18.1 Å². The summed E-state index contributed by atoms with van der Waals surface area (Å²) in [6, 6.07) is 8.27. The minimum Gasteiger partial charge on any atom is -0.472 e. The molecule has 0 radical (unpaired) electrons. The van der Waals surface area contributed by atoms with Crippen molar-refractivity contribution in [1.29, 1.82) is 0 Å². The van der Waals surface area contributed by atoms with Crippen LogP contribution in [0.25, 0.3) is 33.6 Å². The normalized spacial score (nSPS) is 12.0. The molecular weight excluding hydrogens is 642 g/mol. The summed E-state index contributed by atoms with van der Waals surface area (Å²) in [5, 5.41) is 27.0. The highest BCUT2D eigenvalue weighted by Gasteiger charge is 2.31. The summed E-state index contributed by atoms with van der Waals surface area (Å²) in [4.78, 5) is 30.5. The van der Waals surface area contributed by atoms with Gasteiger partial charge >= 0.3 is 5.97 Å². The van der Waals surface area contributed by atoms with Gasteiger partial charge in [0.25, 0.3) is 5.91 Å². The van der Waals surface area contributed by atoms with Gasteiger partial charge in [-0.3, -0.25) is 4.79 Å². The van der Waals surface area contributed by atoms with Crippen LogP contribution in [0.4, 0.5) is 0 Å². The largest absolute Gasteiger partial charge is 0.472 e. The zero-order valence-corrected chi connectivity index (χ0v) is 25.8. The number of aromatic amines is 1. The van der Waals surface area contributed by atoms with Crippen LogP contribution in [0.3, 0.4) is 0 Å². The van der Waals surface area contributed by atoms with Crippen LogP contribution in [-0.2, 0) is 22.5 Å². The van der Waals surface area contributed by atoms with Gasteiger partial charge in [-0.2, -0.15) is 5.21 Å².